The fourth-order valence-corrected chi connectivity index (χ4v) is 1.63. The van der Waals surface area contributed by atoms with E-state index in [9.17, 15) is 14.4 Å². The van der Waals surface area contributed by atoms with Gasteiger partial charge in [0.25, 0.3) is 5.56 Å². The van der Waals surface area contributed by atoms with Crippen LogP contribution in [0.4, 0.5) is 4.79 Å². The van der Waals surface area contributed by atoms with Crippen molar-refractivity contribution in [2.75, 3.05) is 0 Å². The number of hydrogen-bond acceptors (Lipinski definition) is 5. The van der Waals surface area contributed by atoms with E-state index in [1.54, 1.807) is 24.3 Å². The van der Waals surface area contributed by atoms with Crippen molar-refractivity contribution in [2.24, 2.45) is 0 Å². The van der Waals surface area contributed by atoms with Gasteiger partial charge in [0, 0.05) is 0 Å². The maximum absolute atomic E-state index is 11.5. The van der Waals surface area contributed by atoms with E-state index >= 15 is 0 Å². The average molecular weight is 341 g/mol. The van der Waals surface area contributed by atoms with Crippen LogP contribution in [0.25, 0.3) is 0 Å². The summed E-state index contributed by atoms with van der Waals surface area (Å²) in [5.41, 5.74) is -0.716. The lowest BCUT2D eigenvalue weighted by Gasteiger charge is -2.06. The van der Waals surface area contributed by atoms with Gasteiger partial charge in [-0.3, -0.25) is 14.8 Å². The Morgan fingerprint density at radius 2 is 1.85 bits per heavy atom. The lowest BCUT2D eigenvalue weighted by molar-refractivity contribution is 0.0908. The first kappa shape index (κ1) is 14.1. The highest BCUT2D eigenvalue weighted by molar-refractivity contribution is 9.10. The number of carbonyl (C=O) groups excluding carboxylic acids is 1. The maximum Gasteiger partial charge on any atom is 0.515 e. The van der Waals surface area contributed by atoms with Crippen LogP contribution in [0.3, 0.4) is 0 Å². The summed E-state index contributed by atoms with van der Waals surface area (Å²) in [5, 5.41) is 0. The minimum absolute atomic E-state index is 0.0186. The molecule has 0 bridgehead atoms. The zero-order valence-electron chi connectivity index (χ0n) is 10.0. The molecule has 20 heavy (non-hydrogen) atoms. The summed E-state index contributed by atoms with van der Waals surface area (Å²) in [7, 11) is 0. The Hall–Kier alpha value is -2.35. The molecule has 104 valence electrons. The molecule has 2 rings (SSSR count). The van der Waals surface area contributed by atoms with Crippen LogP contribution in [-0.4, -0.2) is 16.1 Å². The fraction of sp³-hybridized carbons (Fsp3) is 0.0833. The molecule has 0 atom stereocenters. The SMILES string of the molecule is O=C(OCc1ccccc1)Oc1[nH]c(=O)[nH]c(=O)c1Br. The molecule has 1 heterocycles. The molecule has 7 nitrogen and oxygen atoms in total. The number of H-pyrrole nitrogens is 2. The van der Waals surface area contributed by atoms with Crippen LogP contribution in [-0.2, 0) is 11.3 Å². The predicted molar refractivity (Wildman–Crippen MR) is 72.6 cm³/mol. The number of halogens is 1. The van der Waals surface area contributed by atoms with Crippen LogP contribution < -0.4 is 16.0 Å². The molecule has 0 saturated heterocycles. The molecule has 0 amide bonds. The van der Waals surface area contributed by atoms with Crippen LogP contribution in [0, 0.1) is 0 Å². The van der Waals surface area contributed by atoms with Gasteiger partial charge in [-0.15, -0.1) is 0 Å². The van der Waals surface area contributed by atoms with Crippen LogP contribution in [0.15, 0.2) is 44.4 Å². The highest BCUT2D eigenvalue weighted by Gasteiger charge is 2.13. The number of ether oxygens (including phenoxy) is 2. The lowest BCUT2D eigenvalue weighted by atomic mass is 10.2. The van der Waals surface area contributed by atoms with Crippen molar-refractivity contribution in [2.45, 2.75) is 6.61 Å². The topological polar surface area (TPSA) is 101 Å². The van der Waals surface area contributed by atoms with Gasteiger partial charge in [-0.2, -0.15) is 0 Å². The minimum atomic E-state index is -1.03. The largest absolute Gasteiger partial charge is 0.515 e. The third-order valence-electron chi connectivity index (χ3n) is 2.24. The zero-order valence-corrected chi connectivity index (χ0v) is 11.6. The maximum atomic E-state index is 11.5. The highest BCUT2D eigenvalue weighted by Crippen LogP contribution is 2.15. The molecule has 0 saturated carbocycles. The number of nitrogens with one attached hydrogen (secondary N) is 2. The predicted octanol–water partition coefficient (Wildman–Crippen LogP) is 1.54. The van der Waals surface area contributed by atoms with Crippen molar-refractivity contribution in [3.05, 3.63) is 61.2 Å². The zero-order chi connectivity index (χ0) is 14.5. The van der Waals surface area contributed by atoms with E-state index in [-0.39, 0.29) is 17.0 Å². The summed E-state index contributed by atoms with van der Waals surface area (Å²) in [6.07, 6.45) is -1.03. The Bertz CT molecular complexity index is 723. The van der Waals surface area contributed by atoms with Gasteiger partial charge in [0.05, 0.1) is 0 Å². The van der Waals surface area contributed by atoms with E-state index in [4.69, 9.17) is 9.47 Å². The summed E-state index contributed by atoms with van der Waals surface area (Å²) in [5.74, 6) is -0.309. The normalized spacial score (nSPS) is 10.1. The quantitative estimate of drug-likeness (QED) is 0.825. The number of rotatable bonds is 3. The highest BCUT2D eigenvalue weighted by atomic mass is 79.9. The van der Waals surface area contributed by atoms with E-state index < -0.39 is 17.4 Å². The van der Waals surface area contributed by atoms with Crippen molar-refractivity contribution in [1.29, 1.82) is 0 Å². The Balaban J connectivity index is 2.02. The summed E-state index contributed by atoms with van der Waals surface area (Å²) in [6, 6.07) is 8.99. The van der Waals surface area contributed by atoms with Crippen molar-refractivity contribution >= 4 is 22.1 Å². The second-order valence-electron chi connectivity index (χ2n) is 3.68. The standard InChI is InChI=1S/C12H9BrN2O5/c13-8-9(16)14-11(17)15-10(8)20-12(18)19-6-7-4-2-1-3-5-7/h1-5H,6H2,(H2,14,15,16,17). The minimum Gasteiger partial charge on any atom is -0.429 e. The lowest BCUT2D eigenvalue weighted by Crippen LogP contribution is -2.25. The summed E-state index contributed by atoms with van der Waals surface area (Å²) < 4.78 is 9.49. The number of carbonyl (C=O) groups is 1. The summed E-state index contributed by atoms with van der Waals surface area (Å²) in [6.45, 7) is 0.0186. The number of aromatic amines is 2. The molecule has 0 aliphatic rings. The van der Waals surface area contributed by atoms with E-state index in [1.165, 1.54) is 0 Å². The van der Waals surface area contributed by atoms with Gasteiger partial charge < -0.3 is 9.47 Å². The third kappa shape index (κ3) is 3.58. The first-order valence-corrected chi connectivity index (χ1v) is 6.26. The molecule has 1 aromatic carbocycles. The van der Waals surface area contributed by atoms with E-state index in [1.807, 2.05) is 11.1 Å². The molecule has 0 fully saturated rings. The van der Waals surface area contributed by atoms with Crippen molar-refractivity contribution in [3.8, 4) is 5.88 Å². The second-order valence-corrected chi connectivity index (χ2v) is 4.47. The van der Waals surface area contributed by atoms with Crippen molar-refractivity contribution in [1.82, 2.24) is 9.97 Å². The molecular weight excluding hydrogens is 332 g/mol. The number of aromatic nitrogens is 2. The number of benzene rings is 1. The molecule has 0 aliphatic carbocycles. The van der Waals surface area contributed by atoms with Gasteiger partial charge in [-0.25, -0.2) is 9.59 Å². The Morgan fingerprint density at radius 3 is 2.55 bits per heavy atom. The molecule has 2 N–H and O–H groups in total. The van der Waals surface area contributed by atoms with E-state index in [0.29, 0.717) is 0 Å². The molecule has 0 aliphatic heterocycles. The summed E-state index contributed by atoms with van der Waals surface area (Å²) >= 11 is 2.89. The molecule has 0 radical (unpaired) electrons. The van der Waals surface area contributed by atoms with Crippen molar-refractivity contribution < 1.29 is 14.3 Å². The van der Waals surface area contributed by atoms with Gasteiger partial charge in [-0.05, 0) is 21.5 Å². The first-order chi connectivity index (χ1) is 9.56. The molecule has 8 heteroatoms. The van der Waals surface area contributed by atoms with Gasteiger partial charge >= 0.3 is 11.8 Å². The second kappa shape index (κ2) is 6.20. The van der Waals surface area contributed by atoms with E-state index in [2.05, 4.69) is 20.9 Å². The van der Waals surface area contributed by atoms with E-state index in [0.717, 1.165) is 5.56 Å². The van der Waals surface area contributed by atoms with Gasteiger partial charge in [0.15, 0.2) is 0 Å². The van der Waals surface area contributed by atoms with Crippen molar-refractivity contribution in [3.63, 3.8) is 0 Å². The monoisotopic (exact) mass is 340 g/mol. The van der Waals surface area contributed by atoms with Gasteiger partial charge in [-0.1, -0.05) is 30.3 Å². The molecular formula is C12H9BrN2O5. The molecule has 2 aromatic rings. The van der Waals surface area contributed by atoms with Crippen LogP contribution in [0.5, 0.6) is 5.88 Å². The molecule has 0 unspecified atom stereocenters. The fourth-order valence-electron chi connectivity index (χ4n) is 1.35. The van der Waals surface area contributed by atoms with Gasteiger partial charge in [0.2, 0.25) is 5.88 Å². The van der Waals surface area contributed by atoms with Crippen LogP contribution >= 0.6 is 15.9 Å². The Kier molecular flexibility index (Phi) is 4.36. The Labute approximate surface area is 120 Å². The molecule has 0 spiro atoms. The smallest absolute Gasteiger partial charge is 0.429 e. The average Bonchev–Trinajstić information content (AvgIpc) is 2.43. The van der Waals surface area contributed by atoms with Gasteiger partial charge in [0.1, 0.15) is 11.1 Å². The Morgan fingerprint density at radius 1 is 1.15 bits per heavy atom. The first-order valence-electron chi connectivity index (χ1n) is 5.47. The van der Waals surface area contributed by atoms with Crippen LogP contribution in [0.2, 0.25) is 0 Å². The molecule has 1 aromatic heterocycles. The van der Waals surface area contributed by atoms with Crippen LogP contribution in [0.1, 0.15) is 5.56 Å². The summed E-state index contributed by atoms with van der Waals surface area (Å²) in [4.78, 5) is 37.9. The number of hydrogen-bond donors (Lipinski definition) is 2. The third-order valence-corrected chi connectivity index (χ3v) is 2.96.